The van der Waals surface area contributed by atoms with Crippen LogP contribution >= 0.6 is 10.9 Å². The summed E-state index contributed by atoms with van der Waals surface area (Å²) in [5, 5.41) is 1.30. The van der Waals surface area contributed by atoms with E-state index in [-0.39, 0.29) is 5.82 Å². The number of nitrogens with two attached hydrogens (primary N) is 2. The van der Waals surface area contributed by atoms with E-state index in [9.17, 15) is 4.55 Å². The van der Waals surface area contributed by atoms with Crippen molar-refractivity contribution < 1.29 is 4.55 Å². The summed E-state index contributed by atoms with van der Waals surface area (Å²) < 4.78 is 13.8. The molecule has 0 spiro atoms. The monoisotopic (exact) mass is 131 g/mol. The summed E-state index contributed by atoms with van der Waals surface area (Å²) in [6, 6.07) is 0. The predicted octanol–water partition coefficient (Wildman–Crippen LogP) is -0.0264. The van der Waals surface area contributed by atoms with Crippen molar-refractivity contribution in [3.05, 3.63) is 5.38 Å². The lowest BCUT2D eigenvalue weighted by Crippen LogP contribution is -1.89. The molecule has 44 valence electrons. The quantitative estimate of drug-likeness (QED) is 0.484. The molecule has 1 atom stereocenters. The largest absolute Gasteiger partial charge is 0.569 e. The maximum absolute atomic E-state index is 10.4. The Morgan fingerprint density at radius 2 is 2.25 bits per heavy atom. The highest BCUT2D eigenvalue weighted by Gasteiger charge is 2.02. The van der Waals surface area contributed by atoms with Crippen LogP contribution in [0.1, 0.15) is 0 Å². The van der Waals surface area contributed by atoms with Crippen molar-refractivity contribution in [1.82, 2.24) is 4.37 Å². The number of nitrogens with zero attached hydrogens (tertiary/aromatic N) is 1. The average Bonchev–Trinajstić information content (AvgIpc) is 1.85. The lowest BCUT2D eigenvalue weighted by Gasteiger charge is -1.75. The Labute approximate surface area is 49.1 Å². The maximum Gasteiger partial charge on any atom is 0.207 e. The van der Waals surface area contributed by atoms with Gasteiger partial charge in [0.05, 0.1) is 10.9 Å². The number of rotatable bonds is 0. The first-order valence-electron chi connectivity index (χ1n) is 1.92. The molecule has 5 heteroatoms. The Morgan fingerprint density at radius 3 is 2.38 bits per heavy atom. The van der Waals surface area contributed by atoms with Crippen LogP contribution in [-0.4, -0.2) is 8.93 Å². The Bertz CT molecular complexity index is 177. The van der Waals surface area contributed by atoms with Gasteiger partial charge in [-0.1, -0.05) is 0 Å². The minimum Gasteiger partial charge on any atom is -0.569 e. The maximum atomic E-state index is 10.4. The van der Waals surface area contributed by atoms with Crippen LogP contribution in [0.2, 0.25) is 0 Å². The Balaban J connectivity index is 3.14. The van der Waals surface area contributed by atoms with Crippen molar-refractivity contribution in [3.8, 4) is 0 Å². The van der Waals surface area contributed by atoms with Crippen molar-refractivity contribution in [1.29, 1.82) is 0 Å². The Kier molecular flexibility index (Phi) is 1.07. The van der Waals surface area contributed by atoms with Crippen molar-refractivity contribution in [3.63, 3.8) is 0 Å². The normalized spacial score (nSPS) is 11.9. The molecule has 1 rings (SSSR count). The van der Waals surface area contributed by atoms with E-state index in [0.717, 1.165) is 0 Å². The zero-order valence-corrected chi connectivity index (χ0v) is 4.81. The van der Waals surface area contributed by atoms with E-state index in [1.165, 1.54) is 5.38 Å². The van der Waals surface area contributed by atoms with Crippen LogP contribution in [0.15, 0.2) is 5.38 Å². The molecule has 0 amide bonds. The van der Waals surface area contributed by atoms with Gasteiger partial charge in [0.15, 0.2) is 5.38 Å². The van der Waals surface area contributed by atoms with Gasteiger partial charge in [0, 0.05) is 0 Å². The molecule has 0 bridgehead atoms. The molecule has 0 aliphatic carbocycles. The van der Waals surface area contributed by atoms with Gasteiger partial charge in [0.25, 0.3) is 0 Å². The van der Waals surface area contributed by atoms with E-state index in [1.54, 1.807) is 0 Å². The van der Waals surface area contributed by atoms with Gasteiger partial charge < -0.3 is 16.0 Å². The second kappa shape index (κ2) is 1.61. The summed E-state index contributed by atoms with van der Waals surface area (Å²) in [5.74, 6) is 0.170. The Morgan fingerprint density at radius 1 is 1.62 bits per heavy atom. The minimum absolute atomic E-state index is 0.170. The highest BCUT2D eigenvalue weighted by Crippen LogP contribution is 2.19. The van der Waals surface area contributed by atoms with Gasteiger partial charge >= 0.3 is 0 Å². The van der Waals surface area contributed by atoms with Crippen molar-refractivity contribution >= 4 is 22.5 Å². The van der Waals surface area contributed by atoms with E-state index in [0.29, 0.717) is 5.69 Å². The summed E-state index contributed by atoms with van der Waals surface area (Å²) in [7, 11) is -1.31. The molecule has 0 aliphatic rings. The van der Waals surface area contributed by atoms with Crippen molar-refractivity contribution in [2.75, 3.05) is 11.5 Å². The summed E-state index contributed by atoms with van der Waals surface area (Å²) in [6.45, 7) is 0. The third-order valence-corrected chi connectivity index (χ3v) is 1.54. The molecule has 0 fully saturated rings. The number of hydrogen-bond acceptors (Lipinski definition) is 4. The van der Waals surface area contributed by atoms with Crippen molar-refractivity contribution in [2.24, 2.45) is 0 Å². The van der Waals surface area contributed by atoms with Crippen LogP contribution in [0.25, 0.3) is 0 Å². The van der Waals surface area contributed by atoms with E-state index >= 15 is 0 Å². The third-order valence-electron chi connectivity index (χ3n) is 0.712. The van der Waals surface area contributed by atoms with Crippen LogP contribution in [0, 0.1) is 0 Å². The van der Waals surface area contributed by atoms with Gasteiger partial charge in [-0.2, -0.15) is 0 Å². The standard InChI is InChI=1S/C3H5N3OS/c4-2-1-8(7)6-3(2)5/h1H,4H2,(H2,5,6). The third kappa shape index (κ3) is 0.728. The average molecular weight is 131 g/mol. The molecule has 1 unspecified atom stereocenters. The predicted molar refractivity (Wildman–Crippen MR) is 31.7 cm³/mol. The molecule has 0 saturated carbocycles. The minimum atomic E-state index is -1.31. The molecule has 4 nitrogen and oxygen atoms in total. The Hall–Kier alpha value is -0.810. The molecule has 0 saturated heterocycles. The number of hydrogen-bond donors (Lipinski definition) is 2. The smallest absolute Gasteiger partial charge is 0.207 e. The molecule has 1 aromatic rings. The van der Waals surface area contributed by atoms with Crippen LogP contribution in [0.4, 0.5) is 11.5 Å². The number of anilines is 2. The lowest BCUT2D eigenvalue weighted by molar-refractivity contribution is 0.592. The fourth-order valence-corrected chi connectivity index (χ4v) is 1.03. The summed E-state index contributed by atoms with van der Waals surface area (Å²) >= 11 is 0. The molecule has 0 radical (unpaired) electrons. The molecule has 4 N–H and O–H groups in total. The zero-order chi connectivity index (χ0) is 6.15. The first-order valence-corrected chi connectivity index (χ1v) is 3.09. The van der Waals surface area contributed by atoms with E-state index in [4.69, 9.17) is 11.5 Å². The molecule has 0 aliphatic heterocycles. The zero-order valence-electron chi connectivity index (χ0n) is 4.00. The molecular weight excluding hydrogens is 126 g/mol. The van der Waals surface area contributed by atoms with Crippen LogP contribution < -0.4 is 11.5 Å². The lowest BCUT2D eigenvalue weighted by atomic mass is 10.6. The molecular formula is C3H5N3OS. The molecule has 0 aromatic carbocycles. The molecule has 1 aromatic heterocycles. The van der Waals surface area contributed by atoms with E-state index in [2.05, 4.69) is 4.37 Å². The van der Waals surface area contributed by atoms with Crippen LogP contribution in [-0.2, 0) is 0 Å². The number of aromatic nitrogens is 1. The van der Waals surface area contributed by atoms with E-state index in [1.807, 2.05) is 0 Å². The second-order valence-electron chi connectivity index (χ2n) is 1.33. The van der Waals surface area contributed by atoms with Gasteiger partial charge in [-0.05, 0) is 4.37 Å². The fraction of sp³-hybridized carbons (Fsp3) is 0. The first-order chi connectivity index (χ1) is 3.70. The van der Waals surface area contributed by atoms with Gasteiger partial charge in [0.1, 0.15) is 5.69 Å². The van der Waals surface area contributed by atoms with Crippen LogP contribution in [0.3, 0.4) is 0 Å². The highest BCUT2D eigenvalue weighted by atomic mass is 32.2. The second-order valence-corrected chi connectivity index (χ2v) is 2.30. The van der Waals surface area contributed by atoms with E-state index < -0.39 is 10.9 Å². The van der Waals surface area contributed by atoms with Gasteiger partial charge in [-0.3, -0.25) is 0 Å². The topological polar surface area (TPSA) is 88.0 Å². The summed E-state index contributed by atoms with van der Waals surface area (Å²) in [5.41, 5.74) is 10.6. The van der Waals surface area contributed by atoms with Crippen molar-refractivity contribution in [2.45, 2.75) is 0 Å². The van der Waals surface area contributed by atoms with Crippen LogP contribution in [0.5, 0.6) is 0 Å². The molecule has 8 heavy (non-hydrogen) atoms. The van der Waals surface area contributed by atoms with Gasteiger partial charge in [0.2, 0.25) is 5.82 Å². The van der Waals surface area contributed by atoms with Gasteiger partial charge in [-0.25, -0.2) is 0 Å². The molecule has 1 heterocycles. The number of nitrogen functional groups attached to an aromatic ring is 2. The van der Waals surface area contributed by atoms with Gasteiger partial charge in [-0.15, -0.1) is 0 Å². The summed E-state index contributed by atoms with van der Waals surface area (Å²) in [6.07, 6.45) is 0. The SMILES string of the molecule is Nc1c[s+]([O-])nc1N. The highest BCUT2D eigenvalue weighted by molar-refractivity contribution is 7.18. The first kappa shape index (κ1) is 5.33. The fourth-order valence-electron chi connectivity index (χ4n) is 0.345. The summed E-state index contributed by atoms with van der Waals surface area (Å²) in [4.78, 5) is 0.